The SMILES string of the molecule is CC(C)(C)OC(=O)N[C@](C)(COC(=O)C(C)(C)C)CO[Si](c1ccccc1)(c1ccccc1)C(C)(C)C. The number of rotatable bonds is 8. The first-order valence-electron chi connectivity index (χ1n) is 12.8. The summed E-state index contributed by atoms with van der Waals surface area (Å²) in [5, 5.41) is 4.95. The summed E-state index contributed by atoms with van der Waals surface area (Å²) >= 11 is 0. The van der Waals surface area contributed by atoms with E-state index >= 15 is 0 Å². The highest BCUT2D eigenvalue weighted by atomic mass is 28.4. The van der Waals surface area contributed by atoms with E-state index in [1.807, 2.05) is 64.1 Å². The lowest BCUT2D eigenvalue weighted by Gasteiger charge is -2.45. The number of nitrogens with one attached hydrogen (secondary N) is 1. The molecule has 0 spiro atoms. The molecule has 0 aliphatic rings. The van der Waals surface area contributed by atoms with Crippen molar-refractivity contribution in [2.24, 2.45) is 5.41 Å². The highest BCUT2D eigenvalue weighted by Crippen LogP contribution is 2.37. The van der Waals surface area contributed by atoms with Crippen molar-refractivity contribution in [1.82, 2.24) is 5.32 Å². The highest BCUT2D eigenvalue weighted by molar-refractivity contribution is 6.99. The van der Waals surface area contributed by atoms with Gasteiger partial charge in [-0.05, 0) is 63.9 Å². The molecule has 2 aromatic carbocycles. The largest absolute Gasteiger partial charge is 0.463 e. The molecule has 0 fully saturated rings. The zero-order valence-electron chi connectivity index (χ0n) is 24.2. The number of carbonyl (C=O) groups excluding carboxylic acids is 2. The lowest BCUT2D eigenvalue weighted by Crippen LogP contribution is -2.68. The van der Waals surface area contributed by atoms with Crippen molar-refractivity contribution in [3.8, 4) is 0 Å². The predicted octanol–water partition coefficient (Wildman–Crippen LogP) is 5.44. The zero-order valence-corrected chi connectivity index (χ0v) is 25.2. The number of amides is 1. The van der Waals surface area contributed by atoms with Crippen LogP contribution in [0.15, 0.2) is 60.7 Å². The minimum absolute atomic E-state index is 0.0550. The van der Waals surface area contributed by atoms with E-state index in [0.717, 1.165) is 10.4 Å². The Kier molecular flexibility index (Phi) is 9.42. The third-order valence-electron chi connectivity index (χ3n) is 5.96. The maximum absolute atomic E-state index is 12.9. The Balaban J connectivity index is 2.52. The van der Waals surface area contributed by atoms with Gasteiger partial charge in [-0.3, -0.25) is 4.79 Å². The minimum Gasteiger partial charge on any atom is -0.463 e. The lowest BCUT2D eigenvalue weighted by molar-refractivity contribution is -0.155. The molecule has 0 unspecified atom stereocenters. The monoisotopic (exact) mass is 527 g/mol. The molecule has 0 saturated carbocycles. The molecule has 2 aromatic rings. The predicted molar refractivity (Wildman–Crippen MR) is 152 cm³/mol. The lowest BCUT2D eigenvalue weighted by atomic mass is 9.97. The molecule has 7 heteroatoms. The van der Waals surface area contributed by atoms with Crippen LogP contribution >= 0.6 is 0 Å². The van der Waals surface area contributed by atoms with Crippen LogP contribution in [0.4, 0.5) is 4.79 Å². The van der Waals surface area contributed by atoms with Gasteiger partial charge in [-0.15, -0.1) is 0 Å². The van der Waals surface area contributed by atoms with Crippen molar-refractivity contribution in [2.45, 2.75) is 85.4 Å². The second kappa shape index (κ2) is 11.4. The molecule has 0 heterocycles. The standard InChI is InChI=1S/C30H45NO5Si/c1-27(2,3)25(32)34-21-30(10,31-26(33)36-28(4,5)6)22-35-37(29(7,8)9,23-17-13-11-14-18-23)24-19-15-12-16-20-24/h11-20H,21-22H2,1-10H3,(H,31,33)/t30-/m1/s1. The molecule has 37 heavy (non-hydrogen) atoms. The molecular formula is C30H45NO5Si. The Morgan fingerprint density at radius 3 is 1.57 bits per heavy atom. The van der Waals surface area contributed by atoms with Crippen LogP contribution in [0.3, 0.4) is 0 Å². The van der Waals surface area contributed by atoms with Crippen LogP contribution in [0.1, 0.15) is 69.2 Å². The number of hydrogen-bond acceptors (Lipinski definition) is 5. The van der Waals surface area contributed by atoms with E-state index in [4.69, 9.17) is 13.9 Å². The van der Waals surface area contributed by atoms with Gasteiger partial charge in [-0.1, -0.05) is 81.4 Å². The summed E-state index contributed by atoms with van der Waals surface area (Å²) < 4.78 is 18.3. The first kappa shape index (κ1) is 30.6. The van der Waals surface area contributed by atoms with Crippen molar-refractivity contribution in [3.05, 3.63) is 60.7 Å². The van der Waals surface area contributed by atoms with Crippen LogP contribution in [-0.4, -0.2) is 44.7 Å². The van der Waals surface area contributed by atoms with Crippen LogP contribution in [0.2, 0.25) is 5.04 Å². The summed E-state index contributed by atoms with van der Waals surface area (Å²) in [6, 6.07) is 20.6. The van der Waals surface area contributed by atoms with E-state index in [1.54, 1.807) is 20.8 Å². The molecule has 0 aliphatic heterocycles. The topological polar surface area (TPSA) is 73.9 Å². The van der Waals surface area contributed by atoms with Gasteiger partial charge in [0.15, 0.2) is 0 Å². The summed E-state index contributed by atoms with van der Waals surface area (Å²) in [4.78, 5) is 25.5. The average molecular weight is 528 g/mol. The molecule has 1 amide bonds. The molecule has 0 aliphatic carbocycles. The van der Waals surface area contributed by atoms with Crippen molar-refractivity contribution < 1.29 is 23.5 Å². The number of hydrogen-bond donors (Lipinski definition) is 1. The van der Waals surface area contributed by atoms with Crippen LogP contribution < -0.4 is 15.7 Å². The molecule has 1 atom stereocenters. The number of esters is 1. The smallest absolute Gasteiger partial charge is 0.408 e. The van der Waals surface area contributed by atoms with E-state index in [9.17, 15) is 9.59 Å². The third kappa shape index (κ3) is 8.17. The van der Waals surface area contributed by atoms with Crippen molar-refractivity contribution in [3.63, 3.8) is 0 Å². The van der Waals surface area contributed by atoms with Crippen LogP contribution in [0.25, 0.3) is 0 Å². The Morgan fingerprint density at radius 2 is 1.19 bits per heavy atom. The van der Waals surface area contributed by atoms with Gasteiger partial charge in [-0.25, -0.2) is 4.79 Å². The van der Waals surface area contributed by atoms with E-state index in [0.29, 0.717) is 0 Å². The Morgan fingerprint density at radius 1 is 0.730 bits per heavy atom. The van der Waals surface area contributed by atoms with Gasteiger partial charge in [0.25, 0.3) is 8.32 Å². The molecule has 0 saturated heterocycles. The van der Waals surface area contributed by atoms with Gasteiger partial charge in [0.2, 0.25) is 0 Å². The summed E-state index contributed by atoms with van der Waals surface area (Å²) in [6.45, 7) is 19.3. The third-order valence-corrected chi connectivity index (χ3v) is 10.9. The fourth-order valence-electron chi connectivity index (χ4n) is 4.13. The average Bonchev–Trinajstić information content (AvgIpc) is 2.76. The molecule has 0 radical (unpaired) electrons. The van der Waals surface area contributed by atoms with Crippen molar-refractivity contribution in [2.75, 3.05) is 13.2 Å². The molecule has 6 nitrogen and oxygen atoms in total. The molecule has 204 valence electrons. The Labute approximate surface area is 224 Å². The quantitative estimate of drug-likeness (QED) is 0.366. The van der Waals surface area contributed by atoms with Crippen molar-refractivity contribution >= 4 is 30.8 Å². The first-order valence-corrected chi connectivity index (χ1v) is 14.7. The Hall–Kier alpha value is -2.64. The van der Waals surface area contributed by atoms with Gasteiger partial charge in [0.1, 0.15) is 12.2 Å². The van der Waals surface area contributed by atoms with Gasteiger partial charge in [-0.2, -0.15) is 0 Å². The molecule has 1 N–H and O–H groups in total. The van der Waals surface area contributed by atoms with E-state index < -0.39 is 31.0 Å². The highest BCUT2D eigenvalue weighted by Gasteiger charge is 2.51. The van der Waals surface area contributed by atoms with Crippen LogP contribution in [-0.2, 0) is 18.7 Å². The zero-order chi connectivity index (χ0) is 28.1. The molecule has 2 rings (SSSR count). The maximum Gasteiger partial charge on any atom is 0.408 e. The number of alkyl carbamates (subject to hydrolysis) is 1. The fraction of sp³-hybridized carbons (Fsp3) is 0.533. The fourth-order valence-corrected chi connectivity index (χ4v) is 8.82. The first-order chi connectivity index (χ1) is 16.9. The number of benzene rings is 2. The Bertz CT molecular complexity index is 996. The van der Waals surface area contributed by atoms with Gasteiger partial charge in [0.05, 0.1) is 17.6 Å². The summed E-state index contributed by atoms with van der Waals surface area (Å²) in [5.41, 5.74) is -2.38. The van der Waals surface area contributed by atoms with Crippen molar-refractivity contribution in [1.29, 1.82) is 0 Å². The summed E-state index contributed by atoms with van der Waals surface area (Å²) in [7, 11) is -2.88. The normalized spacial score (nSPS) is 14.4. The van der Waals surface area contributed by atoms with E-state index in [2.05, 4.69) is 50.4 Å². The summed E-state index contributed by atoms with van der Waals surface area (Å²) in [5.74, 6) is -0.352. The summed E-state index contributed by atoms with van der Waals surface area (Å²) in [6.07, 6.45) is -0.590. The second-order valence-corrected chi connectivity index (χ2v) is 17.3. The van der Waals surface area contributed by atoms with E-state index in [1.165, 1.54) is 0 Å². The van der Waals surface area contributed by atoms with E-state index in [-0.39, 0.29) is 24.2 Å². The number of carbonyl (C=O) groups is 2. The maximum atomic E-state index is 12.9. The van der Waals surface area contributed by atoms with Gasteiger partial charge >= 0.3 is 12.1 Å². The van der Waals surface area contributed by atoms with Gasteiger partial charge < -0.3 is 19.2 Å². The second-order valence-electron chi connectivity index (χ2n) is 13.0. The molecular weight excluding hydrogens is 482 g/mol. The van der Waals surface area contributed by atoms with Gasteiger partial charge in [0, 0.05) is 0 Å². The molecule has 0 aromatic heterocycles. The van der Waals surface area contributed by atoms with Crippen LogP contribution in [0, 0.1) is 5.41 Å². The number of ether oxygens (including phenoxy) is 2. The minimum atomic E-state index is -2.88. The molecule has 0 bridgehead atoms. The van der Waals surface area contributed by atoms with Crippen LogP contribution in [0.5, 0.6) is 0 Å².